The van der Waals surface area contributed by atoms with Gasteiger partial charge in [0.05, 0.1) is 0 Å². The van der Waals surface area contributed by atoms with Crippen molar-refractivity contribution in [1.82, 2.24) is 0 Å². The lowest BCUT2D eigenvalue weighted by Gasteiger charge is -2.18. The molecule has 394 valence electrons. The molecule has 6 nitrogen and oxygen atoms in total. The number of esters is 3. The molecule has 0 heterocycles. The van der Waals surface area contributed by atoms with Crippen molar-refractivity contribution in [2.24, 2.45) is 0 Å². The monoisotopic (exact) mass is 959 g/mol. The molecule has 0 saturated carbocycles. The molecular weight excluding hydrogens is 853 g/mol. The van der Waals surface area contributed by atoms with Crippen LogP contribution in [0.1, 0.15) is 265 Å². The molecule has 0 spiro atoms. The van der Waals surface area contributed by atoms with Crippen LogP contribution in [0.4, 0.5) is 0 Å². The average molecular weight is 960 g/mol. The maximum absolute atomic E-state index is 12.8. The van der Waals surface area contributed by atoms with E-state index < -0.39 is 6.10 Å². The SMILES string of the molecule is CC/C=C\C/C=C\C/C=C\C/C=C\C/C=C\CCCCCC(=O)OC[C@H](COC(=O)CCC/C=C\C/C=C\C/C=C\CCCCCCCC)OC(=O)CCCCCCCCCCCCCCCCC. The fraction of sp³-hybridized carbons (Fsp3) is 0.698. The van der Waals surface area contributed by atoms with Crippen LogP contribution in [0, 0.1) is 0 Å². The van der Waals surface area contributed by atoms with Crippen molar-refractivity contribution in [3.05, 3.63) is 97.2 Å². The van der Waals surface area contributed by atoms with Gasteiger partial charge < -0.3 is 14.2 Å². The van der Waals surface area contributed by atoms with Crippen LogP contribution in [0.5, 0.6) is 0 Å². The van der Waals surface area contributed by atoms with E-state index >= 15 is 0 Å². The maximum Gasteiger partial charge on any atom is 0.306 e. The highest BCUT2D eigenvalue weighted by atomic mass is 16.6. The number of rotatable bonds is 51. The van der Waals surface area contributed by atoms with Gasteiger partial charge in [0.25, 0.3) is 0 Å². The van der Waals surface area contributed by atoms with E-state index in [1.54, 1.807) is 0 Å². The Morgan fingerprint density at radius 2 is 0.580 bits per heavy atom. The van der Waals surface area contributed by atoms with Crippen LogP contribution < -0.4 is 0 Å². The van der Waals surface area contributed by atoms with E-state index in [0.29, 0.717) is 19.3 Å². The molecule has 1 atom stereocenters. The summed E-state index contributed by atoms with van der Waals surface area (Å²) < 4.78 is 16.8. The van der Waals surface area contributed by atoms with Gasteiger partial charge in [0.2, 0.25) is 0 Å². The fourth-order valence-corrected chi connectivity index (χ4v) is 7.78. The highest BCUT2D eigenvalue weighted by molar-refractivity contribution is 5.71. The molecule has 0 aliphatic rings. The summed E-state index contributed by atoms with van der Waals surface area (Å²) in [5, 5.41) is 0. The Bertz CT molecular complexity index is 1380. The first kappa shape index (κ1) is 65.3. The summed E-state index contributed by atoms with van der Waals surface area (Å²) in [5.41, 5.74) is 0. The van der Waals surface area contributed by atoms with Crippen LogP contribution in [-0.4, -0.2) is 37.2 Å². The zero-order valence-corrected chi connectivity index (χ0v) is 45.0. The molecule has 0 fully saturated rings. The van der Waals surface area contributed by atoms with Crippen LogP contribution in [0.3, 0.4) is 0 Å². The molecule has 0 amide bonds. The van der Waals surface area contributed by atoms with Crippen molar-refractivity contribution in [1.29, 1.82) is 0 Å². The van der Waals surface area contributed by atoms with Crippen molar-refractivity contribution in [2.75, 3.05) is 13.2 Å². The smallest absolute Gasteiger partial charge is 0.306 e. The quantitative estimate of drug-likeness (QED) is 0.0262. The van der Waals surface area contributed by atoms with E-state index in [1.807, 2.05) is 0 Å². The van der Waals surface area contributed by atoms with Crippen molar-refractivity contribution < 1.29 is 28.6 Å². The summed E-state index contributed by atoms with van der Waals surface area (Å²) >= 11 is 0. The third-order valence-electron chi connectivity index (χ3n) is 12.1. The molecule has 0 radical (unpaired) electrons. The van der Waals surface area contributed by atoms with Crippen LogP contribution in [0.15, 0.2) is 97.2 Å². The number of allylic oxidation sites excluding steroid dienone is 16. The zero-order valence-electron chi connectivity index (χ0n) is 45.0. The second-order valence-corrected chi connectivity index (χ2v) is 18.8. The Morgan fingerprint density at radius 1 is 0.304 bits per heavy atom. The normalized spacial score (nSPS) is 12.8. The van der Waals surface area contributed by atoms with Gasteiger partial charge in [-0.1, -0.05) is 246 Å². The number of ether oxygens (including phenoxy) is 3. The van der Waals surface area contributed by atoms with Gasteiger partial charge in [0, 0.05) is 19.3 Å². The molecule has 0 bridgehead atoms. The summed E-state index contributed by atoms with van der Waals surface area (Å²) in [7, 11) is 0. The first-order valence-corrected chi connectivity index (χ1v) is 28.7. The molecule has 0 aromatic heterocycles. The topological polar surface area (TPSA) is 78.9 Å². The summed E-state index contributed by atoms with van der Waals surface area (Å²) in [5.74, 6) is -0.986. The highest BCUT2D eigenvalue weighted by Crippen LogP contribution is 2.15. The molecule has 0 aliphatic carbocycles. The van der Waals surface area contributed by atoms with Gasteiger partial charge in [-0.05, 0) is 96.3 Å². The first-order valence-electron chi connectivity index (χ1n) is 28.7. The van der Waals surface area contributed by atoms with E-state index in [-0.39, 0.29) is 37.5 Å². The molecule has 0 unspecified atom stereocenters. The van der Waals surface area contributed by atoms with Crippen LogP contribution in [0.2, 0.25) is 0 Å². The van der Waals surface area contributed by atoms with Crippen molar-refractivity contribution in [2.45, 2.75) is 271 Å². The number of unbranched alkanes of at least 4 members (excludes halogenated alkanes) is 24. The van der Waals surface area contributed by atoms with Crippen molar-refractivity contribution >= 4 is 17.9 Å². The largest absolute Gasteiger partial charge is 0.462 e. The number of carbonyl (C=O) groups excluding carboxylic acids is 3. The molecule has 0 N–H and O–H groups in total. The van der Waals surface area contributed by atoms with E-state index in [4.69, 9.17) is 14.2 Å². The molecule has 6 heteroatoms. The summed E-state index contributed by atoms with van der Waals surface area (Å²) in [6.07, 6.45) is 75.4. The number of carbonyl (C=O) groups is 3. The van der Waals surface area contributed by atoms with Gasteiger partial charge in [0.1, 0.15) is 13.2 Å². The summed E-state index contributed by atoms with van der Waals surface area (Å²) in [6.45, 7) is 6.46. The van der Waals surface area contributed by atoms with Gasteiger partial charge in [-0.3, -0.25) is 14.4 Å². The molecular formula is C63H106O6. The minimum Gasteiger partial charge on any atom is -0.462 e. The average Bonchev–Trinajstić information content (AvgIpc) is 3.35. The molecule has 0 aromatic rings. The van der Waals surface area contributed by atoms with E-state index in [2.05, 4.69) is 118 Å². The van der Waals surface area contributed by atoms with Gasteiger partial charge in [0.15, 0.2) is 6.10 Å². The Hall–Kier alpha value is -3.67. The van der Waals surface area contributed by atoms with Crippen LogP contribution in [0.25, 0.3) is 0 Å². The Labute approximate surface area is 426 Å². The summed E-state index contributed by atoms with van der Waals surface area (Å²) in [6, 6.07) is 0. The molecule has 69 heavy (non-hydrogen) atoms. The van der Waals surface area contributed by atoms with E-state index in [0.717, 1.165) is 96.3 Å². The Morgan fingerprint density at radius 3 is 0.957 bits per heavy atom. The Balaban J connectivity index is 4.51. The van der Waals surface area contributed by atoms with Crippen molar-refractivity contribution in [3.63, 3.8) is 0 Å². The molecule has 0 rings (SSSR count). The van der Waals surface area contributed by atoms with Crippen LogP contribution in [-0.2, 0) is 28.6 Å². The van der Waals surface area contributed by atoms with E-state index in [9.17, 15) is 14.4 Å². The van der Waals surface area contributed by atoms with Crippen LogP contribution >= 0.6 is 0 Å². The minimum absolute atomic E-state index is 0.109. The minimum atomic E-state index is -0.811. The number of hydrogen-bond donors (Lipinski definition) is 0. The number of hydrogen-bond acceptors (Lipinski definition) is 6. The third kappa shape index (κ3) is 55.1. The van der Waals surface area contributed by atoms with Gasteiger partial charge in [-0.25, -0.2) is 0 Å². The first-order chi connectivity index (χ1) is 34.0. The predicted molar refractivity (Wildman–Crippen MR) is 297 cm³/mol. The maximum atomic E-state index is 12.8. The fourth-order valence-electron chi connectivity index (χ4n) is 7.78. The second kappa shape index (κ2) is 56.9. The lowest BCUT2D eigenvalue weighted by molar-refractivity contribution is -0.167. The van der Waals surface area contributed by atoms with Gasteiger partial charge in [-0.15, -0.1) is 0 Å². The standard InChI is InChI=1S/C63H106O6/c1-4-7-10-13-16-19-22-25-28-30-31-33-36-38-41-44-47-50-53-56-62(65)68-59-60(69-63(66)57-54-51-48-45-42-39-34-27-24-21-18-15-12-9-6-3)58-67-61(64)55-52-49-46-43-40-37-35-32-29-26-23-20-17-14-11-8-5-2/h7,10,16,19,25-26,28-29,31,33,35,37-38,41,43,46,60H,4-6,8-9,11-15,17-18,20-24,27,30,32,34,36,39-40,42,44-45,47-59H2,1-3H3/b10-7-,19-16-,28-25-,29-26-,33-31-,37-35-,41-38-,46-43-/t60-/m0/s1. The van der Waals surface area contributed by atoms with Gasteiger partial charge in [-0.2, -0.15) is 0 Å². The van der Waals surface area contributed by atoms with Crippen molar-refractivity contribution in [3.8, 4) is 0 Å². The second-order valence-electron chi connectivity index (χ2n) is 18.8. The molecule has 0 aromatic carbocycles. The molecule has 0 saturated heterocycles. The third-order valence-corrected chi connectivity index (χ3v) is 12.1. The Kier molecular flexibility index (Phi) is 53.9. The van der Waals surface area contributed by atoms with E-state index in [1.165, 1.54) is 122 Å². The predicted octanol–water partition coefficient (Wildman–Crippen LogP) is 19.3. The summed E-state index contributed by atoms with van der Waals surface area (Å²) in [4.78, 5) is 38.1. The molecule has 0 aliphatic heterocycles. The lowest BCUT2D eigenvalue weighted by atomic mass is 10.0. The highest BCUT2D eigenvalue weighted by Gasteiger charge is 2.19. The zero-order chi connectivity index (χ0) is 50.0. The lowest BCUT2D eigenvalue weighted by Crippen LogP contribution is -2.30. The van der Waals surface area contributed by atoms with Gasteiger partial charge >= 0.3 is 17.9 Å².